The third kappa shape index (κ3) is 2.32. The van der Waals surface area contributed by atoms with Gasteiger partial charge in [0.15, 0.2) is 0 Å². The van der Waals surface area contributed by atoms with E-state index in [0.717, 1.165) is 4.47 Å². The Bertz CT molecular complexity index is 712. The summed E-state index contributed by atoms with van der Waals surface area (Å²) in [5.74, 6) is 0.351. The second kappa shape index (κ2) is 5.09. The number of halogens is 1. The van der Waals surface area contributed by atoms with Crippen LogP contribution in [0.25, 0.3) is 0 Å². The molecule has 0 bridgehead atoms. The van der Waals surface area contributed by atoms with Gasteiger partial charge in [-0.2, -0.15) is 0 Å². The highest BCUT2D eigenvalue weighted by Crippen LogP contribution is 2.33. The number of para-hydroxylation sites is 1. The maximum absolute atomic E-state index is 12.0. The Hall–Kier alpha value is -2.14. The molecule has 0 radical (unpaired) electrons. The average Bonchev–Trinajstić information content (AvgIpc) is 2.41. The maximum Gasteiger partial charge on any atom is 0.261 e. The van der Waals surface area contributed by atoms with Crippen LogP contribution in [0.4, 0.5) is 0 Å². The molecule has 2 aromatic rings. The van der Waals surface area contributed by atoms with E-state index in [1.54, 1.807) is 24.3 Å². The van der Waals surface area contributed by atoms with Crippen molar-refractivity contribution in [3.63, 3.8) is 0 Å². The Labute approximate surface area is 123 Å². The molecule has 3 rings (SSSR count). The summed E-state index contributed by atoms with van der Waals surface area (Å²) < 4.78 is 6.59. The SMILES string of the molecule is O=C1Cc2cccc(Oc3ccccc3Br)c2C(=O)N1. The Kier molecular flexibility index (Phi) is 3.28. The molecule has 0 saturated heterocycles. The fraction of sp³-hybridized carbons (Fsp3) is 0.0667. The van der Waals surface area contributed by atoms with E-state index in [1.165, 1.54) is 0 Å². The van der Waals surface area contributed by atoms with Gasteiger partial charge in [0, 0.05) is 0 Å². The van der Waals surface area contributed by atoms with Crippen molar-refractivity contribution in [3.8, 4) is 11.5 Å². The third-order valence-electron chi connectivity index (χ3n) is 3.00. The van der Waals surface area contributed by atoms with E-state index in [-0.39, 0.29) is 12.3 Å². The van der Waals surface area contributed by atoms with Crippen LogP contribution in [0.2, 0.25) is 0 Å². The molecule has 1 aliphatic rings. The molecule has 0 fully saturated rings. The summed E-state index contributed by atoms with van der Waals surface area (Å²) in [6.07, 6.45) is 0.189. The smallest absolute Gasteiger partial charge is 0.261 e. The van der Waals surface area contributed by atoms with Crippen molar-refractivity contribution in [3.05, 3.63) is 58.1 Å². The zero-order chi connectivity index (χ0) is 14.1. The first-order valence-corrected chi connectivity index (χ1v) is 6.83. The first-order valence-electron chi connectivity index (χ1n) is 6.03. The fourth-order valence-corrected chi connectivity index (χ4v) is 2.48. The predicted molar refractivity (Wildman–Crippen MR) is 76.8 cm³/mol. The Morgan fingerprint density at radius 3 is 2.55 bits per heavy atom. The lowest BCUT2D eigenvalue weighted by Gasteiger charge is -2.18. The van der Waals surface area contributed by atoms with E-state index in [0.29, 0.717) is 22.6 Å². The molecular formula is C15H10BrNO3. The molecule has 2 amide bonds. The molecule has 1 heterocycles. The average molecular weight is 332 g/mol. The van der Waals surface area contributed by atoms with Gasteiger partial charge >= 0.3 is 0 Å². The van der Waals surface area contributed by atoms with Crippen LogP contribution in [0.1, 0.15) is 15.9 Å². The Morgan fingerprint density at radius 2 is 1.75 bits per heavy atom. The molecule has 0 saturated carbocycles. The largest absolute Gasteiger partial charge is 0.455 e. The molecular weight excluding hydrogens is 322 g/mol. The zero-order valence-corrected chi connectivity index (χ0v) is 11.9. The second-order valence-electron chi connectivity index (χ2n) is 4.38. The van der Waals surface area contributed by atoms with Gasteiger partial charge in [0.25, 0.3) is 5.91 Å². The zero-order valence-electron chi connectivity index (χ0n) is 10.4. The summed E-state index contributed by atoms with van der Waals surface area (Å²) in [4.78, 5) is 23.3. The van der Waals surface area contributed by atoms with E-state index in [2.05, 4.69) is 21.2 Å². The lowest BCUT2D eigenvalue weighted by Crippen LogP contribution is -2.37. The molecule has 0 spiro atoms. The first kappa shape index (κ1) is 12.9. The summed E-state index contributed by atoms with van der Waals surface area (Å²) in [5.41, 5.74) is 1.10. The summed E-state index contributed by atoms with van der Waals surface area (Å²) in [6, 6.07) is 12.6. The van der Waals surface area contributed by atoms with Crippen LogP contribution in [0, 0.1) is 0 Å². The van der Waals surface area contributed by atoms with Crippen LogP contribution in [0.3, 0.4) is 0 Å². The standard InChI is InChI=1S/C15H10BrNO3/c16-10-5-1-2-6-11(10)20-12-7-3-4-9-8-13(18)17-15(19)14(9)12/h1-7H,8H2,(H,17,18,19). The van der Waals surface area contributed by atoms with E-state index in [1.807, 2.05) is 18.2 Å². The summed E-state index contributed by atoms with van der Waals surface area (Å²) >= 11 is 3.39. The number of amides is 2. The van der Waals surface area contributed by atoms with E-state index >= 15 is 0 Å². The highest BCUT2D eigenvalue weighted by Gasteiger charge is 2.26. The van der Waals surface area contributed by atoms with Crippen LogP contribution in [0.15, 0.2) is 46.9 Å². The van der Waals surface area contributed by atoms with Gasteiger partial charge in [0.1, 0.15) is 11.5 Å². The van der Waals surface area contributed by atoms with E-state index in [9.17, 15) is 9.59 Å². The van der Waals surface area contributed by atoms with Gasteiger partial charge in [0.05, 0.1) is 16.5 Å². The van der Waals surface area contributed by atoms with Gasteiger partial charge in [-0.15, -0.1) is 0 Å². The number of nitrogens with one attached hydrogen (secondary N) is 1. The number of imide groups is 1. The molecule has 4 nitrogen and oxygen atoms in total. The summed E-state index contributed by atoms with van der Waals surface area (Å²) in [6.45, 7) is 0. The van der Waals surface area contributed by atoms with E-state index < -0.39 is 5.91 Å². The minimum atomic E-state index is -0.418. The minimum Gasteiger partial charge on any atom is -0.455 e. The number of carbonyl (C=O) groups excluding carboxylic acids is 2. The number of rotatable bonds is 2. The van der Waals surface area contributed by atoms with Crippen molar-refractivity contribution in [2.75, 3.05) is 0 Å². The quantitative estimate of drug-likeness (QED) is 0.860. The molecule has 100 valence electrons. The second-order valence-corrected chi connectivity index (χ2v) is 5.23. The van der Waals surface area contributed by atoms with Gasteiger partial charge in [-0.25, -0.2) is 0 Å². The fourth-order valence-electron chi connectivity index (χ4n) is 2.12. The summed E-state index contributed by atoms with van der Waals surface area (Å²) in [7, 11) is 0. The van der Waals surface area contributed by atoms with Gasteiger partial charge in [0.2, 0.25) is 5.91 Å². The van der Waals surface area contributed by atoms with Gasteiger partial charge in [-0.3, -0.25) is 14.9 Å². The number of carbonyl (C=O) groups is 2. The van der Waals surface area contributed by atoms with Crippen molar-refractivity contribution in [1.29, 1.82) is 0 Å². The normalized spacial score (nSPS) is 13.7. The maximum atomic E-state index is 12.0. The van der Waals surface area contributed by atoms with Gasteiger partial charge in [-0.05, 0) is 39.7 Å². The number of benzene rings is 2. The number of ether oxygens (including phenoxy) is 1. The van der Waals surface area contributed by atoms with Gasteiger partial charge in [-0.1, -0.05) is 24.3 Å². The highest BCUT2D eigenvalue weighted by molar-refractivity contribution is 9.10. The molecule has 2 aromatic carbocycles. The van der Waals surface area contributed by atoms with E-state index in [4.69, 9.17) is 4.74 Å². The van der Waals surface area contributed by atoms with Crippen LogP contribution in [-0.2, 0) is 11.2 Å². The monoisotopic (exact) mass is 331 g/mol. The molecule has 20 heavy (non-hydrogen) atoms. The molecule has 1 N–H and O–H groups in total. The van der Waals surface area contributed by atoms with Crippen molar-refractivity contribution in [2.24, 2.45) is 0 Å². The topological polar surface area (TPSA) is 55.4 Å². The van der Waals surface area contributed by atoms with Crippen molar-refractivity contribution < 1.29 is 14.3 Å². The third-order valence-corrected chi connectivity index (χ3v) is 3.66. The summed E-state index contributed by atoms with van der Waals surface area (Å²) in [5, 5.41) is 2.31. The minimum absolute atomic E-state index is 0.189. The highest BCUT2D eigenvalue weighted by atomic mass is 79.9. The van der Waals surface area contributed by atoms with Crippen LogP contribution in [0.5, 0.6) is 11.5 Å². The number of fused-ring (bicyclic) bond motifs is 1. The molecule has 1 aliphatic heterocycles. The predicted octanol–water partition coefficient (Wildman–Crippen LogP) is 3.05. The molecule has 0 unspecified atom stereocenters. The molecule has 0 aliphatic carbocycles. The van der Waals surface area contributed by atoms with Gasteiger partial charge < -0.3 is 4.74 Å². The lowest BCUT2D eigenvalue weighted by molar-refractivity contribution is -0.119. The number of hydrogen-bond donors (Lipinski definition) is 1. The number of hydrogen-bond acceptors (Lipinski definition) is 3. The Balaban J connectivity index is 2.04. The van der Waals surface area contributed by atoms with Crippen molar-refractivity contribution >= 4 is 27.7 Å². The van der Waals surface area contributed by atoms with Crippen LogP contribution >= 0.6 is 15.9 Å². The molecule has 0 aromatic heterocycles. The molecule has 5 heteroatoms. The Morgan fingerprint density at radius 1 is 1.00 bits per heavy atom. The molecule has 0 atom stereocenters. The van der Waals surface area contributed by atoms with Crippen LogP contribution < -0.4 is 10.1 Å². The van der Waals surface area contributed by atoms with Crippen LogP contribution in [-0.4, -0.2) is 11.8 Å². The van der Waals surface area contributed by atoms with Crippen molar-refractivity contribution in [1.82, 2.24) is 5.32 Å². The first-order chi connectivity index (χ1) is 9.65. The van der Waals surface area contributed by atoms with Crippen molar-refractivity contribution in [2.45, 2.75) is 6.42 Å². The lowest BCUT2D eigenvalue weighted by atomic mass is 9.99.